The van der Waals surface area contributed by atoms with Crippen LogP contribution < -0.4 is 40.2 Å². The molecule has 0 atom stereocenters. The summed E-state index contributed by atoms with van der Waals surface area (Å²) in [6, 6.07) is 36.1. The van der Waals surface area contributed by atoms with E-state index in [-0.39, 0.29) is 63.7 Å². The second-order valence-corrected chi connectivity index (χ2v) is 10.9. The molecule has 6 heteroatoms. The van der Waals surface area contributed by atoms with Gasteiger partial charge in [-0.15, -0.1) is 11.8 Å². The average molecular weight is 488 g/mol. The van der Waals surface area contributed by atoms with E-state index in [1.165, 1.54) is 0 Å². The topological polar surface area (TPSA) is 0 Å². The molecule has 26 heavy (non-hydrogen) atoms. The van der Waals surface area contributed by atoms with Gasteiger partial charge in [0.25, 0.3) is 0 Å². The van der Waals surface area contributed by atoms with Crippen molar-refractivity contribution in [2.24, 2.45) is 0 Å². The van der Waals surface area contributed by atoms with Crippen LogP contribution in [0.2, 0.25) is 0 Å². The molecule has 0 amide bonds. The maximum atomic E-state index is 5.51. The number of hydrogen-bond acceptors (Lipinski definition) is 2. The minimum atomic E-state index is -1.89. The molecule has 0 bridgehead atoms. The van der Waals surface area contributed by atoms with Crippen LogP contribution >= 0.6 is 5.24 Å². The second-order valence-electron chi connectivity index (χ2n) is 4.76. The van der Waals surface area contributed by atoms with Gasteiger partial charge in [0.2, 0.25) is 0 Å². The van der Waals surface area contributed by atoms with E-state index in [4.69, 9.17) is 24.1 Å². The zero-order chi connectivity index (χ0) is 16.4. The van der Waals surface area contributed by atoms with Crippen LogP contribution in [0.25, 0.3) is 0 Å². The Morgan fingerprint density at radius 2 is 0.885 bits per heavy atom. The molecular formula is C20H18Fe2NaPS2. The average Bonchev–Trinajstić information content (AvgIpc) is 3.44. The van der Waals surface area contributed by atoms with E-state index in [0.717, 1.165) is 10.6 Å². The molecule has 4 aromatic rings. The molecule has 0 aliphatic rings. The third kappa shape index (κ3) is 10.1. The van der Waals surface area contributed by atoms with Gasteiger partial charge in [-0.2, -0.15) is 71.3 Å². The molecule has 0 aliphatic heterocycles. The standard InChI is InChI=1S/C10H9PS2.2C5H5.2Fe.Na/c12-11(13,9-5-1-2-6-9)10-7-3-4-8-10;2*1-2-4-5-3-1;;;/h1-8H,(H,12,13);2*1-5H;;;/q-2;2*-1;2*+2;+1/p-1. The summed E-state index contributed by atoms with van der Waals surface area (Å²) in [5, 5.41) is 0.372. The van der Waals surface area contributed by atoms with Gasteiger partial charge in [-0.1, -0.05) is 0 Å². The molecule has 0 fully saturated rings. The molecule has 0 aromatic heterocycles. The fourth-order valence-corrected chi connectivity index (χ4v) is 4.80. The predicted octanol–water partition coefficient (Wildman–Crippen LogP) is 1.83. The van der Waals surface area contributed by atoms with Crippen LogP contribution in [-0.2, 0) is 58.2 Å². The van der Waals surface area contributed by atoms with Crippen molar-refractivity contribution < 1.29 is 63.7 Å². The summed E-state index contributed by atoms with van der Waals surface area (Å²) in [6.45, 7) is 0. The van der Waals surface area contributed by atoms with Crippen LogP contribution in [0, 0.1) is 0 Å². The molecule has 4 aromatic carbocycles. The van der Waals surface area contributed by atoms with Crippen LogP contribution in [0.4, 0.5) is 0 Å². The van der Waals surface area contributed by atoms with Gasteiger partial charge in [-0.05, 0) is 0 Å². The summed E-state index contributed by atoms with van der Waals surface area (Å²) in [4.78, 5) is 0. The van der Waals surface area contributed by atoms with E-state index in [0.29, 0.717) is 0 Å². The molecule has 0 heterocycles. The van der Waals surface area contributed by atoms with Crippen molar-refractivity contribution in [3.63, 3.8) is 0 Å². The predicted molar refractivity (Wildman–Crippen MR) is 109 cm³/mol. The first-order valence-electron chi connectivity index (χ1n) is 7.30. The molecule has 0 aliphatic carbocycles. The Labute approximate surface area is 210 Å². The first-order chi connectivity index (χ1) is 11.2. The minimum absolute atomic E-state index is 0. The molecule has 0 saturated carbocycles. The Hall–Kier alpha value is 0.439. The van der Waals surface area contributed by atoms with Gasteiger partial charge in [0.05, 0.1) is 0 Å². The Morgan fingerprint density at radius 1 is 0.615 bits per heavy atom. The Bertz CT molecular complexity index is 663. The molecule has 0 saturated heterocycles. The molecule has 132 valence electrons. The van der Waals surface area contributed by atoms with Crippen molar-refractivity contribution >= 4 is 39.9 Å². The van der Waals surface area contributed by atoms with E-state index in [2.05, 4.69) is 0 Å². The number of hydrogen-bond donors (Lipinski definition) is 0. The van der Waals surface area contributed by atoms with E-state index in [9.17, 15) is 0 Å². The van der Waals surface area contributed by atoms with Gasteiger partial charge in [-0.25, -0.2) is 53.8 Å². The van der Waals surface area contributed by atoms with Crippen LogP contribution in [0.5, 0.6) is 0 Å². The third-order valence-corrected chi connectivity index (χ3v) is 7.57. The summed E-state index contributed by atoms with van der Waals surface area (Å²) in [5.41, 5.74) is 0. The summed E-state index contributed by atoms with van der Waals surface area (Å²) in [7, 11) is 0. The van der Waals surface area contributed by atoms with Gasteiger partial charge < -0.3 is 12.2 Å². The largest absolute Gasteiger partial charge is 2.00 e. The summed E-state index contributed by atoms with van der Waals surface area (Å²) in [6.07, 6.45) is 0. The van der Waals surface area contributed by atoms with Gasteiger partial charge in [-0.3, -0.25) is 0 Å². The van der Waals surface area contributed by atoms with Crippen LogP contribution in [-0.4, -0.2) is 0 Å². The summed E-state index contributed by atoms with van der Waals surface area (Å²) < 4.78 is 0. The first-order valence-corrected chi connectivity index (χ1v) is 11.1. The molecular weight excluding hydrogens is 470 g/mol. The van der Waals surface area contributed by atoms with Crippen LogP contribution in [0.15, 0.2) is 109 Å². The van der Waals surface area contributed by atoms with Gasteiger partial charge in [0, 0.05) is 0 Å². The van der Waals surface area contributed by atoms with E-state index in [1.807, 2.05) is 109 Å². The quantitative estimate of drug-likeness (QED) is 0.183. The Morgan fingerprint density at radius 3 is 1.08 bits per heavy atom. The molecule has 0 unspecified atom stereocenters. The molecule has 0 N–H and O–H groups in total. The van der Waals surface area contributed by atoms with E-state index in [1.54, 1.807) is 0 Å². The van der Waals surface area contributed by atoms with E-state index < -0.39 is 5.24 Å². The second kappa shape index (κ2) is 16.4. The zero-order valence-corrected chi connectivity index (χ0v) is 21.1. The van der Waals surface area contributed by atoms with Gasteiger partial charge >= 0.3 is 63.7 Å². The number of rotatable bonds is 2. The molecule has 0 nitrogen and oxygen atoms in total. The fourth-order valence-electron chi connectivity index (χ4n) is 1.91. The van der Waals surface area contributed by atoms with Crippen molar-refractivity contribution in [3.8, 4) is 0 Å². The Kier molecular flexibility index (Phi) is 18.1. The third-order valence-electron chi connectivity index (χ3n) is 3.08. The van der Waals surface area contributed by atoms with Crippen molar-refractivity contribution in [3.05, 3.63) is 109 Å². The van der Waals surface area contributed by atoms with Crippen molar-refractivity contribution in [1.29, 1.82) is 0 Å². The minimum Gasteiger partial charge on any atom is -0.761 e. The molecule has 0 radical (unpaired) electrons. The maximum Gasteiger partial charge on any atom is 2.00 e. The van der Waals surface area contributed by atoms with Crippen molar-refractivity contribution in [2.45, 2.75) is 0 Å². The van der Waals surface area contributed by atoms with Gasteiger partial charge in [0.1, 0.15) is 0 Å². The van der Waals surface area contributed by atoms with Crippen LogP contribution in [0.1, 0.15) is 0 Å². The smallest absolute Gasteiger partial charge is 0.761 e. The summed E-state index contributed by atoms with van der Waals surface area (Å²) >= 11 is 11.0. The van der Waals surface area contributed by atoms with Gasteiger partial charge in [0.15, 0.2) is 0 Å². The van der Waals surface area contributed by atoms with Crippen molar-refractivity contribution in [1.82, 2.24) is 0 Å². The maximum absolute atomic E-state index is 5.51. The first kappa shape index (κ1) is 28.6. The Balaban J connectivity index is 0. The summed E-state index contributed by atoms with van der Waals surface area (Å²) in [5.74, 6) is 0. The molecule has 0 spiro atoms. The molecule has 4 rings (SSSR count). The normalized spacial score (nSPS) is 8.96. The van der Waals surface area contributed by atoms with E-state index >= 15 is 0 Å². The van der Waals surface area contributed by atoms with Crippen LogP contribution in [0.3, 0.4) is 0 Å². The monoisotopic (exact) mass is 488 g/mol. The zero-order valence-electron chi connectivity index (χ0n) is 14.4. The SMILES string of the molecule is S=P([S-])([c-]1cccc1)[c-]1cccc1.[Fe+2].[Fe+2].[Na+].c1cc[cH-]c1.c1cc[cH-]c1. The fraction of sp³-hybridized carbons (Fsp3) is 0. The van der Waals surface area contributed by atoms with Crippen molar-refractivity contribution in [2.75, 3.05) is 0 Å².